The van der Waals surface area contributed by atoms with Crippen LogP contribution in [-0.2, 0) is 4.79 Å². The van der Waals surface area contributed by atoms with Gasteiger partial charge in [-0.3, -0.25) is 4.79 Å². The van der Waals surface area contributed by atoms with Crippen molar-refractivity contribution in [2.45, 2.75) is 12.1 Å². The van der Waals surface area contributed by atoms with Crippen molar-refractivity contribution >= 4 is 28.5 Å². The summed E-state index contributed by atoms with van der Waals surface area (Å²) in [5, 5.41) is 1.46. The lowest BCUT2D eigenvalue weighted by atomic mass is 10.3. The van der Waals surface area contributed by atoms with Crippen LogP contribution in [0.2, 0.25) is 0 Å². The predicted molar refractivity (Wildman–Crippen MR) is 42.9 cm³/mol. The molecule has 0 radical (unpaired) electrons. The van der Waals surface area contributed by atoms with Gasteiger partial charge in [0, 0.05) is 11.0 Å². The van der Waals surface area contributed by atoms with Crippen molar-refractivity contribution in [1.29, 1.82) is 0 Å². The van der Waals surface area contributed by atoms with Gasteiger partial charge >= 0.3 is 12.1 Å². The van der Waals surface area contributed by atoms with Crippen molar-refractivity contribution in [1.82, 2.24) is 5.32 Å². The van der Waals surface area contributed by atoms with Crippen molar-refractivity contribution in [3.8, 4) is 0 Å². The summed E-state index contributed by atoms with van der Waals surface area (Å²) < 4.78 is 59.0. The van der Waals surface area contributed by atoms with Crippen molar-refractivity contribution < 1.29 is 26.7 Å². The molecule has 0 unspecified atom stereocenters. The predicted octanol–water partition coefficient (Wildman–Crippen LogP) is 1.74. The Morgan fingerprint density at radius 1 is 1.23 bits per heavy atom. The van der Waals surface area contributed by atoms with E-state index in [0.717, 1.165) is 0 Å². The second-order valence-corrected chi connectivity index (χ2v) is 3.10. The van der Waals surface area contributed by atoms with Gasteiger partial charge in [0.25, 0.3) is 5.91 Å². The lowest BCUT2D eigenvalue weighted by molar-refractivity contribution is -0.269. The van der Waals surface area contributed by atoms with Crippen LogP contribution >= 0.6 is 22.6 Å². The van der Waals surface area contributed by atoms with E-state index in [1.54, 1.807) is 22.6 Å². The number of hydrogen-bond acceptors (Lipinski definition) is 1. The highest BCUT2D eigenvalue weighted by Gasteiger charge is 2.63. The second-order valence-electron chi connectivity index (χ2n) is 2.02. The number of nitrogens with one attached hydrogen (secondary N) is 1. The van der Waals surface area contributed by atoms with Gasteiger partial charge in [-0.15, -0.1) is 0 Å². The van der Waals surface area contributed by atoms with Gasteiger partial charge in [-0.2, -0.15) is 22.0 Å². The molecule has 8 heteroatoms. The van der Waals surface area contributed by atoms with Crippen LogP contribution in [0.15, 0.2) is 0 Å². The summed E-state index contributed by atoms with van der Waals surface area (Å²) in [6.07, 6.45) is -5.83. The first-order valence-corrected chi connectivity index (χ1v) is 4.55. The summed E-state index contributed by atoms with van der Waals surface area (Å²) in [7, 11) is 0. The summed E-state index contributed by atoms with van der Waals surface area (Å²) in [5.41, 5.74) is 0. The Kier molecular flexibility index (Phi) is 4.33. The van der Waals surface area contributed by atoms with E-state index in [0.29, 0.717) is 0 Å². The van der Waals surface area contributed by atoms with Crippen LogP contribution in [0.5, 0.6) is 0 Å². The highest BCUT2D eigenvalue weighted by atomic mass is 127. The first kappa shape index (κ1) is 12.8. The molecule has 0 bridgehead atoms. The average Bonchev–Trinajstić information content (AvgIpc) is 1.97. The number of carbonyl (C=O) groups excluding carboxylic acids is 1. The second kappa shape index (κ2) is 4.38. The molecule has 0 aromatic rings. The maximum absolute atomic E-state index is 12.1. The molecule has 1 amide bonds. The van der Waals surface area contributed by atoms with Crippen LogP contribution in [0.1, 0.15) is 0 Å². The van der Waals surface area contributed by atoms with Gasteiger partial charge < -0.3 is 5.32 Å². The fraction of sp³-hybridized carbons (Fsp3) is 0.800. The minimum Gasteiger partial charge on any atom is -0.350 e. The van der Waals surface area contributed by atoms with Crippen molar-refractivity contribution in [2.24, 2.45) is 0 Å². The van der Waals surface area contributed by atoms with Gasteiger partial charge in [-0.25, -0.2) is 0 Å². The number of alkyl halides is 6. The third-order valence-corrected chi connectivity index (χ3v) is 1.56. The van der Waals surface area contributed by atoms with Gasteiger partial charge in [0.05, 0.1) is 0 Å². The zero-order valence-corrected chi connectivity index (χ0v) is 8.25. The van der Waals surface area contributed by atoms with Crippen LogP contribution in [-0.4, -0.2) is 29.0 Å². The monoisotopic (exact) mass is 317 g/mol. The number of halogens is 6. The van der Waals surface area contributed by atoms with Gasteiger partial charge in [0.15, 0.2) is 0 Å². The number of amides is 1. The quantitative estimate of drug-likeness (QED) is 0.479. The number of hydrogen-bond donors (Lipinski definition) is 1. The Morgan fingerprint density at radius 2 is 1.69 bits per heavy atom. The van der Waals surface area contributed by atoms with Gasteiger partial charge in [-0.1, -0.05) is 22.6 Å². The molecular weight excluding hydrogens is 312 g/mol. The smallest absolute Gasteiger partial charge is 0.350 e. The molecule has 0 fully saturated rings. The molecule has 0 heterocycles. The van der Waals surface area contributed by atoms with Crippen LogP contribution in [0, 0.1) is 0 Å². The normalized spacial score (nSPS) is 12.8. The lowest BCUT2D eigenvalue weighted by Crippen LogP contribution is -2.50. The molecule has 0 aromatic heterocycles. The van der Waals surface area contributed by atoms with Crippen molar-refractivity contribution in [2.75, 3.05) is 11.0 Å². The molecule has 0 aromatic carbocycles. The van der Waals surface area contributed by atoms with Gasteiger partial charge in [0.2, 0.25) is 0 Å². The topological polar surface area (TPSA) is 29.1 Å². The SMILES string of the molecule is O=C(NCCI)C(F)(F)C(F)(F)F. The van der Waals surface area contributed by atoms with Crippen molar-refractivity contribution in [3.63, 3.8) is 0 Å². The third-order valence-electron chi connectivity index (χ3n) is 1.02. The summed E-state index contributed by atoms with van der Waals surface area (Å²) in [6.45, 7) is -0.217. The Balaban J connectivity index is 4.37. The molecular formula is C5H5F5INO. The molecule has 78 valence electrons. The van der Waals surface area contributed by atoms with Crippen LogP contribution in [0.25, 0.3) is 0 Å². The number of carbonyl (C=O) groups is 1. The van der Waals surface area contributed by atoms with Crippen LogP contribution in [0.3, 0.4) is 0 Å². The Labute approximate surface area is 84.0 Å². The minimum atomic E-state index is -5.83. The maximum atomic E-state index is 12.1. The zero-order chi connectivity index (χ0) is 10.7. The Bertz CT molecular complexity index is 192. The molecule has 0 saturated carbocycles. The molecule has 0 aliphatic carbocycles. The average molecular weight is 317 g/mol. The van der Waals surface area contributed by atoms with E-state index >= 15 is 0 Å². The largest absolute Gasteiger partial charge is 0.463 e. The molecule has 13 heavy (non-hydrogen) atoms. The molecule has 0 atom stereocenters. The first-order valence-electron chi connectivity index (χ1n) is 3.02. The standard InChI is InChI=1S/C5H5F5INO/c6-4(7,5(8,9)10)3(13)12-2-1-11/h1-2H2,(H,12,13). The fourth-order valence-electron chi connectivity index (χ4n) is 0.401. The van der Waals surface area contributed by atoms with Crippen LogP contribution in [0.4, 0.5) is 22.0 Å². The van der Waals surface area contributed by atoms with E-state index in [1.807, 2.05) is 0 Å². The summed E-state index contributed by atoms with van der Waals surface area (Å²) in [5.74, 6) is -7.62. The Hall–Kier alpha value is -0.150. The molecule has 2 nitrogen and oxygen atoms in total. The van der Waals surface area contributed by atoms with E-state index in [4.69, 9.17) is 0 Å². The van der Waals surface area contributed by atoms with E-state index in [1.165, 1.54) is 5.32 Å². The molecule has 1 N–H and O–H groups in total. The highest BCUT2D eigenvalue weighted by molar-refractivity contribution is 14.1. The highest BCUT2D eigenvalue weighted by Crippen LogP contribution is 2.35. The molecule has 0 aliphatic heterocycles. The summed E-state index contributed by atoms with van der Waals surface area (Å²) in [6, 6.07) is 0. The molecule has 0 spiro atoms. The summed E-state index contributed by atoms with van der Waals surface area (Å²) in [4.78, 5) is 10.3. The summed E-state index contributed by atoms with van der Waals surface area (Å²) >= 11 is 1.73. The Morgan fingerprint density at radius 3 is 2.00 bits per heavy atom. The van der Waals surface area contributed by atoms with Crippen molar-refractivity contribution in [3.05, 3.63) is 0 Å². The van der Waals surface area contributed by atoms with E-state index < -0.39 is 18.0 Å². The third kappa shape index (κ3) is 3.24. The van der Waals surface area contributed by atoms with Gasteiger partial charge in [0.1, 0.15) is 0 Å². The van der Waals surface area contributed by atoms with E-state index in [-0.39, 0.29) is 11.0 Å². The lowest BCUT2D eigenvalue weighted by Gasteiger charge is -2.18. The van der Waals surface area contributed by atoms with E-state index in [9.17, 15) is 26.7 Å². The van der Waals surface area contributed by atoms with Gasteiger partial charge in [-0.05, 0) is 0 Å². The zero-order valence-electron chi connectivity index (χ0n) is 6.09. The number of rotatable bonds is 3. The fourth-order valence-corrected chi connectivity index (χ4v) is 0.670. The van der Waals surface area contributed by atoms with E-state index in [2.05, 4.69) is 0 Å². The molecule has 0 rings (SSSR count). The minimum absolute atomic E-state index is 0.217. The molecule has 0 aliphatic rings. The first-order chi connectivity index (χ1) is 5.73. The maximum Gasteiger partial charge on any atom is 0.463 e. The van der Waals surface area contributed by atoms with Crippen LogP contribution < -0.4 is 5.32 Å². The molecule has 0 saturated heterocycles.